The maximum atomic E-state index is 12.2. The van der Waals surface area contributed by atoms with Crippen LogP contribution in [-0.4, -0.2) is 35.9 Å². The van der Waals surface area contributed by atoms with Gasteiger partial charge in [0.15, 0.2) is 0 Å². The number of likely N-dealkylation sites (tertiary alicyclic amines) is 1. The first kappa shape index (κ1) is 18.0. The molecule has 2 heterocycles. The third-order valence-corrected chi connectivity index (χ3v) is 5.86. The number of thiophene rings is 1. The Kier molecular flexibility index (Phi) is 5.43. The second-order valence-electron chi connectivity index (χ2n) is 7.26. The predicted molar refractivity (Wildman–Crippen MR) is 105 cm³/mol. The molecule has 2 amide bonds. The molecule has 1 aliphatic carbocycles. The van der Waals surface area contributed by atoms with Crippen LogP contribution in [0.25, 0.3) is 0 Å². The Morgan fingerprint density at radius 2 is 1.81 bits per heavy atom. The van der Waals surface area contributed by atoms with E-state index in [1.807, 2.05) is 33.9 Å². The number of carbonyl (C=O) groups is 2. The SMILES string of the molecule is O=C(NCc1ccsc1)c1ccc(OC2CCN(C(=O)C3CC3)CC2)cc1. The predicted octanol–water partition coefficient (Wildman–Crippen LogP) is 3.46. The molecule has 2 fully saturated rings. The molecule has 0 radical (unpaired) electrons. The average Bonchev–Trinajstić information content (AvgIpc) is 3.42. The van der Waals surface area contributed by atoms with E-state index in [1.54, 1.807) is 23.5 Å². The van der Waals surface area contributed by atoms with Crippen LogP contribution in [0.5, 0.6) is 5.75 Å². The maximum Gasteiger partial charge on any atom is 0.251 e. The molecule has 6 heteroatoms. The van der Waals surface area contributed by atoms with Crippen molar-refractivity contribution in [1.29, 1.82) is 0 Å². The normalized spacial score (nSPS) is 17.6. The first-order valence-corrected chi connectivity index (χ1v) is 10.5. The minimum absolute atomic E-state index is 0.0837. The van der Waals surface area contributed by atoms with Crippen molar-refractivity contribution in [1.82, 2.24) is 10.2 Å². The Morgan fingerprint density at radius 1 is 1.07 bits per heavy atom. The highest BCUT2D eigenvalue weighted by Gasteiger charge is 2.35. The van der Waals surface area contributed by atoms with Crippen molar-refractivity contribution >= 4 is 23.2 Å². The smallest absolute Gasteiger partial charge is 0.251 e. The highest BCUT2D eigenvalue weighted by Crippen LogP contribution is 2.32. The number of hydrogen-bond donors (Lipinski definition) is 1. The number of piperidine rings is 1. The number of hydrogen-bond acceptors (Lipinski definition) is 4. The van der Waals surface area contributed by atoms with Crippen molar-refractivity contribution in [3.05, 3.63) is 52.2 Å². The van der Waals surface area contributed by atoms with E-state index < -0.39 is 0 Å². The lowest BCUT2D eigenvalue weighted by atomic mass is 10.1. The third-order valence-electron chi connectivity index (χ3n) is 5.13. The van der Waals surface area contributed by atoms with E-state index in [1.165, 1.54) is 0 Å². The van der Waals surface area contributed by atoms with Gasteiger partial charge in [0, 0.05) is 44.0 Å². The van der Waals surface area contributed by atoms with Crippen molar-refractivity contribution in [3.63, 3.8) is 0 Å². The van der Waals surface area contributed by atoms with Gasteiger partial charge < -0.3 is 15.0 Å². The minimum Gasteiger partial charge on any atom is -0.490 e. The van der Waals surface area contributed by atoms with Crippen molar-refractivity contribution in [2.24, 2.45) is 5.92 Å². The van der Waals surface area contributed by atoms with Gasteiger partial charge in [0.25, 0.3) is 5.91 Å². The lowest BCUT2D eigenvalue weighted by Crippen LogP contribution is -2.42. The summed E-state index contributed by atoms with van der Waals surface area (Å²) in [5, 5.41) is 6.95. The van der Waals surface area contributed by atoms with Crippen LogP contribution in [0.15, 0.2) is 41.1 Å². The molecule has 2 aliphatic rings. The summed E-state index contributed by atoms with van der Waals surface area (Å²) in [7, 11) is 0. The van der Waals surface area contributed by atoms with Crippen LogP contribution in [0.1, 0.15) is 41.6 Å². The number of rotatable bonds is 6. The topological polar surface area (TPSA) is 58.6 Å². The fourth-order valence-electron chi connectivity index (χ4n) is 3.34. The van der Waals surface area contributed by atoms with Gasteiger partial charge in [0.1, 0.15) is 11.9 Å². The van der Waals surface area contributed by atoms with Crippen LogP contribution in [-0.2, 0) is 11.3 Å². The molecule has 1 N–H and O–H groups in total. The van der Waals surface area contributed by atoms with E-state index in [2.05, 4.69) is 5.32 Å². The molecule has 1 saturated heterocycles. The van der Waals surface area contributed by atoms with Gasteiger partial charge in [-0.1, -0.05) is 0 Å². The third kappa shape index (κ3) is 4.69. The standard InChI is InChI=1S/C21H24N2O3S/c24-20(22-13-15-9-12-27-14-15)16-3-5-18(6-4-16)26-19-7-10-23(11-8-19)21(25)17-1-2-17/h3-6,9,12,14,17,19H,1-2,7-8,10-11,13H2,(H,22,24). The Bertz CT molecular complexity index is 776. The summed E-state index contributed by atoms with van der Waals surface area (Å²) >= 11 is 1.62. The number of carbonyl (C=O) groups excluding carboxylic acids is 2. The zero-order valence-corrected chi connectivity index (χ0v) is 16.0. The Hall–Kier alpha value is -2.34. The van der Waals surface area contributed by atoms with E-state index >= 15 is 0 Å². The molecule has 4 rings (SSSR count). The number of benzene rings is 1. The lowest BCUT2D eigenvalue weighted by Gasteiger charge is -2.32. The molecule has 0 atom stereocenters. The Balaban J connectivity index is 1.24. The molecule has 1 aromatic heterocycles. The van der Waals surface area contributed by atoms with Gasteiger partial charge in [-0.3, -0.25) is 9.59 Å². The van der Waals surface area contributed by atoms with E-state index in [0.717, 1.165) is 50.1 Å². The van der Waals surface area contributed by atoms with Crippen LogP contribution >= 0.6 is 11.3 Å². The lowest BCUT2D eigenvalue weighted by molar-refractivity contribution is -0.134. The second-order valence-corrected chi connectivity index (χ2v) is 8.04. The number of ether oxygens (including phenoxy) is 1. The highest BCUT2D eigenvalue weighted by atomic mass is 32.1. The van der Waals surface area contributed by atoms with Gasteiger partial charge in [-0.2, -0.15) is 11.3 Å². The summed E-state index contributed by atoms with van der Waals surface area (Å²) in [5.41, 5.74) is 1.74. The molecule has 2 aromatic rings. The number of amides is 2. The van der Waals surface area contributed by atoms with Crippen LogP contribution in [0.4, 0.5) is 0 Å². The van der Waals surface area contributed by atoms with Gasteiger partial charge in [0.2, 0.25) is 5.91 Å². The van der Waals surface area contributed by atoms with E-state index in [9.17, 15) is 9.59 Å². The summed E-state index contributed by atoms with van der Waals surface area (Å²) in [5.74, 6) is 1.31. The first-order chi connectivity index (χ1) is 13.2. The van der Waals surface area contributed by atoms with Gasteiger partial charge in [-0.15, -0.1) is 0 Å². The van der Waals surface area contributed by atoms with E-state index in [0.29, 0.717) is 23.9 Å². The van der Waals surface area contributed by atoms with E-state index in [4.69, 9.17) is 4.74 Å². The zero-order chi connectivity index (χ0) is 18.6. The Morgan fingerprint density at radius 3 is 2.44 bits per heavy atom. The first-order valence-electron chi connectivity index (χ1n) is 9.54. The molecule has 5 nitrogen and oxygen atoms in total. The average molecular weight is 385 g/mol. The van der Waals surface area contributed by atoms with Gasteiger partial charge >= 0.3 is 0 Å². The number of nitrogens with one attached hydrogen (secondary N) is 1. The van der Waals surface area contributed by atoms with E-state index in [-0.39, 0.29) is 12.0 Å². The summed E-state index contributed by atoms with van der Waals surface area (Å²) < 4.78 is 6.04. The van der Waals surface area contributed by atoms with Crippen molar-refractivity contribution in [2.45, 2.75) is 38.3 Å². The molecule has 1 aliphatic heterocycles. The zero-order valence-electron chi connectivity index (χ0n) is 15.2. The monoisotopic (exact) mass is 384 g/mol. The fraction of sp³-hybridized carbons (Fsp3) is 0.429. The van der Waals surface area contributed by atoms with Gasteiger partial charge in [-0.05, 0) is 59.5 Å². The van der Waals surface area contributed by atoms with Crippen LogP contribution in [0.3, 0.4) is 0 Å². The molecule has 27 heavy (non-hydrogen) atoms. The highest BCUT2D eigenvalue weighted by molar-refractivity contribution is 7.07. The maximum absolute atomic E-state index is 12.2. The number of nitrogens with zero attached hydrogens (tertiary/aromatic N) is 1. The van der Waals surface area contributed by atoms with Crippen LogP contribution in [0, 0.1) is 5.92 Å². The fourth-order valence-corrected chi connectivity index (χ4v) is 4.01. The molecule has 142 valence electrons. The summed E-state index contributed by atoms with van der Waals surface area (Å²) in [6.07, 6.45) is 3.97. The minimum atomic E-state index is -0.0837. The Labute approximate surface area is 163 Å². The second kappa shape index (κ2) is 8.13. The van der Waals surface area contributed by atoms with Crippen molar-refractivity contribution in [2.75, 3.05) is 13.1 Å². The van der Waals surface area contributed by atoms with Crippen molar-refractivity contribution in [3.8, 4) is 5.75 Å². The molecule has 0 unspecified atom stereocenters. The molecular weight excluding hydrogens is 360 g/mol. The molecule has 1 saturated carbocycles. The van der Waals surface area contributed by atoms with Gasteiger partial charge in [-0.25, -0.2) is 0 Å². The molecule has 1 aromatic carbocycles. The van der Waals surface area contributed by atoms with Crippen molar-refractivity contribution < 1.29 is 14.3 Å². The van der Waals surface area contributed by atoms with Crippen LogP contribution < -0.4 is 10.1 Å². The summed E-state index contributed by atoms with van der Waals surface area (Å²) in [6.45, 7) is 2.10. The summed E-state index contributed by atoms with van der Waals surface area (Å²) in [4.78, 5) is 26.3. The molecular formula is C21H24N2O3S. The largest absolute Gasteiger partial charge is 0.490 e. The molecule has 0 bridgehead atoms. The summed E-state index contributed by atoms with van der Waals surface area (Å²) in [6, 6.07) is 9.29. The van der Waals surface area contributed by atoms with Gasteiger partial charge in [0.05, 0.1) is 0 Å². The molecule has 0 spiro atoms. The quantitative estimate of drug-likeness (QED) is 0.830. The van der Waals surface area contributed by atoms with Crippen LogP contribution in [0.2, 0.25) is 0 Å².